The minimum absolute atomic E-state index is 0.0725. The van der Waals surface area contributed by atoms with Crippen LogP contribution in [-0.4, -0.2) is 42.0 Å². The van der Waals surface area contributed by atoms with Crippen LogP contribution in [0.1, 0.15) is 16.1 Å². The second kappa shape index (κ2) is 7.21. The van der Waals surface area contributed by atoms with Crippen molar-refractivity contribution in [2.75, 3.05) is 31.1 Å². The van der Waals surface area contributed by atoms with Gasteiger partial charge in [0.15, 0.2) is 0 Å². The van der Waals surface area contributed by atoms with Crippen LogP contribution in [0.2, 0.25) is 0 Å². The first-order valence-corrected chi connectivity index (χ1v) is 9.29. The van der Waals surface area contributed by atoms with Crippen LogP contribution < -0.4 is 4.90 Å². The molecule has 0 spiro atoms. The van der Waals surface area contributed by atoms with Gasteiger partial charge in [-0.05, 0) is 23.6 Å². The predicted octanol–water partition coefficient (Wildman–Crippen LogP) is 3.38. The van der Waals surface area contributed by atoms with E-state index in [1.54, 1.807) is 17.0 Å². The van der Waals surface area contributed by atoms with E-state index >= 15 is 0 Å². The third-order valence-corrected chi connectivity index (χ3v) is 5.26. The molecule has 0 unspecified atom stereocenters. The molecule has 1 fully saturated rings. The van der Waals surface area contributed by atoms with Gasteiger partial charge in [-0.3, -0.25) is 4.79 Å². The van der Waals surface area contributed by atoms with Gasteiger partial charge in [-0.15, -0.1) is 11.3 Å². The lowest BCUT2D eigenvalue weighted by Crippen LogP contribution is -2.49. The van der Waals surface area contributed by atoms with Crippen molar-refractivity contribution in [3.8, 4) is 16.8 Å². The quantitative estimate of drug-likeness (QED) is 0.694. The van der Waals surface area contributed by atoms with E-state index < -0.39 is 5.82 Å². The summed E-state index contributed by atoms with van der Waals surface area (Å²) in [5.74, 6) is -0.0158. The Morgan fingerprint density at radius 3 is 2.63 bits per heavy atom. The van der Waals surface area contributed by atoms with Crippen molar-refractivity contribution in [1.82, 2.24) is 9.88 Å². The fourth-order valence-electron chi connectivity index (χ4n) is 3.02. The van der Waals surface area contributed by atoms with Gasteiger partial charge in [-0.1, -0.05) is 18.2 Å². The van der Waals surface area contributed by atoms with E-state index in [0.29, 0.717) is 38.0 Å². The Labute approximate surface area is 159 Å². The maximum Gasteiger partial charge on any atom is 0.256 e. The highest BCUT2D eigenvalue weighted by Crippen LogP contribution is 2.31. The molecule has 3 heterocycles. The summed E-state index contributed by atoms with van der Waals surface area (Å²) in [5.41, 5.74) is 0.301. The standard InChI is InChI=1S/C19H15FN4O2S/c20-14-5-2-1-4-13(14)18(25)23-7-9-24(10-8-23)19-15(12-21)22-17(26-19)16-6-3-11-27-16/h1-6,11H,7-10H2. The lowest BCUT2D eigenvalue weighted by Gasteiger charge is -2.34. The molecule has 1 amide bonds. The number of carbonyl (C=O) groups is 1. The monoisotopic (exact) mass is 382 g/mol. The highest BCUT2D eigenvalue weighted by molar-refractivity contribution is 7.13. The zero-order chi connectivity index (χ0) is 18.8. The lowest BCUT2D eigenvalue weighted by molar-refractivity contribution is 0.0740. The number of aromatic nitrogens is 1. The number of rotatable bonds is 3. The topological polar surface area (TPSA) is 73.4 Å². The molecular weight excluding hydrogens is 367 g/mol. The zero-order valence-corrected chi connectivity index (χ0v) is 15.1. The number of oxazole rings is 1. The lowest BCUT2D eigenvalue weighted by atomic mass is 10.1. The van der Waals surface area contributed by atoms with E-state index in [1.165, 1.54) is 23.5 Å². The van der Waals surface area contributed by atoms with Crippen molar-refractivity contribution in [2.45, 2.75) is 0 Å². The molecule has 0 atom stereocenters. The van der Waals surface area contributed by atoms with Crippen molar-refractivity contribution >= 4 is 23.1 Å². The molecule has 0 saturated carbocycles. The maximum atomic E-state index is 13.9. The van der Waals surface area contributed by atoms with Crippen molar-refractivity contribution in [2.24, 2.45) is 0 Å². The minimum Gasteiger partial charge on any atom is -0.418 e. The minimum atomic E-state index is -0.521. The van der Waals surface area contributed by atoms with E-state index in [9.17, 15) is 14.4 Å². The Morgan fingerprint density at radius 1 is 1.19 bits per heavy atom. The van der Waals surface area contributed by atoms with Crippen molar-refractivity contribution in [1.29, 1.82) is 5.26 Å². The Hall–Kier alpha value is -3.18. The number of nitrogens with zero attached hydrogens (tertiary/aromatic N) is 4. The van der Waals surface area contributed by atoms with Gasteiger partial charge in [0.05, 0.1) is 10.4 Å². The van der Waals surface area contributed by atoms with Gasteiger partial charge in [-0.25, -0.2) is 4.39 Å². The van der Waals surface area contributed by atoms with E-state index in [4.69, 9.17) is 4.42 Å². The number of nitriles is 1. The Kier molecular flexibility index (Phi) is 4.60. The number of thiophene rings is 1. The van der Waals surface area contributed by atoms with Crippen molar-refractivity contribution in [3.63, 3.8) is 0 Å². The SMILES string of the molecule is N#Cc1nc(-c2cccs2)oc1N1CCN(C(=O)c2ccccc2F)CC1. The summed E-state index contributed by atoms with van der Waals surface area (Å²) in [4.78, 5) is 21.2. The molecule has 2 aromatic heterocycles. The Balaban J connectivity index is 1.49. The van der Waals surface area contributed by atoms with Crippen LogP contribution in [0, 0.1) is 17.1 Å². The fraction of sp³-hybridized carbons (Fsp3) is 0.211. The summed E-state index contributed by atoms with van der Waals surface area (Å²) in [7, 11) is 0. The first-order valence-electron chi connectivity index (χ1n) is 8.41. The molecule has 6 nitrogen and oxygen atoms in total. The number of carbonyl (C=O) groups excluding carboxylic acids is 1. The fourth-order valence-corrected chi connectivity index (χ4v) is 3.67. The third-order valence-electron chi connectivity index (χ3n) is 4.41. The summed E-state index contributed by atoms with van der Waals surface area (Å²) in [6.45, 7) is 1.78. The average molecular weight is 382 g/mol. The van der Waals surface area contributed by atoms with Crippen LogP contribution >= 0.6 is 11.3 Å². The van der Waals surface area contributed by atoms with Crippen LogP contribution in [-0.2, 0) is 0 Å². The predicted molar refractivity (Wildman–Crippen MR) is 99.0 cm³/mol. The molecule has 136 valence electrons. The normalized spacial score (nSPS) is 14.2. The Bertz CT molecular complexity index is 1000. The van der Waals surface area contributed by atoms with Gasteiger partial charge < -0.3 is 14.2 Å². The van der Waals surface area contributed by atoms with Crippen LogP contribution in [0.4, 0.5) is 10.3 Å². The molecule has 1 aliphatic heterocycles. The molecule has 27 heavy (non-hydrogen) atoms. The summed E-state index contributed by atoms with van der Waals surface area (Å²) in [5, 5.41) is 11.3. The summed E-state index contributed by atoms with van der Waals surface area (Å²) >= 11 is 1.49. The van der Waals surface area contributed by atoms with E-state index in [2.05, 4.69) is 11.1 Å². The van der Waals surface area contributed by atoms with Gasteiger partial charge in [-0.2, -0.15) is 10.2 Å². The van der Waals surface area contributed by atoms with Crippen LogP contribution in [0.25, 0.3) is 10.8 Å². The molecule has 0 bridgehead atoms. The number of hydrogen-bond donors (Lipinski definition) is 0. The highest BCUT2D eigenvalue weighted by atomic mass is 32.1. The van der Waals surface area contributed by atoms with Gasteiger partial charge in [0.25, 0.3) is 5.91 Å². The molecule has 0 radical (unpaired) electrons. The first-order chi connectivity index (χ1) is 13.2. The number of piperazine rings is 1. The van der Waals surface area contributed by atoms with Crippen LogP contribution in [0.5, 0.6) is 0 Å². The van der Waals surface area contributed by atoms with Gasteiger partial charge in [0.1, 0.15) is 11.9 Å². The van der Waals surface area contributed by atoms with E-state index in [1.807, 2.05) is 22.4 Å². The Morgan fingerprint density at radius 2 is 1.96 bits per heavy atom. The number of hydrogen-bond acceptors (Lipinski definition) is 6. The molecule has 1 saturated heterocycles. The number of halogens is 1. The molecule has 1 aromatic carbocycles. The van der Waals surface area contributed by atoms with E-state index in [0.717, 1.165) is 4.88 Å². The molecule has 3 aromatic rings. The first kappa shape index (κ1) is 17.2. The van der Waals surface area contributed by atoms with Crippen LogP contribution in [0.15, 0.2) is 46.2 Å². The second-order valence-corrected chi connectivity index (χ2v) is 6.97. The number of amides is 1. The highest BCUT2D eigenvalue weighted by Gasteiger charge is 2.28. The zero-order valence-electron chi connectivity index (χ0n) is 14.3. The van der Waals surface area contributed by atoms with Gasteiger partial charge in [0.2, 0.25) is 17.5 Å². The van der Waals surface area contributed by atoms with Gasteiger partial charge in [0, 0.05) is 26.2 Å². The van der Waals surface area contributed by atoms with Crippen molar-refractivity contribution < 1.29 is 13.6 Å². The summed E-state index contributed by atoms with van der Waals surface area (Å²) < 4.78 is 19.7. The maximum absolute atomic E-state index is 13.9. The summed E-state index contributed by atoms with van der Waals surface area (Å²) in [6.07, 6.45) is 0. The van der Waals surface area contributed by atoms with Crippen LogP contribution in [0.3, 0.4) is 0 Å². The average Bonchev–Trinajstić information content (AvgIpc) is 3.37. The van der Waals surface area contributed by atoms with Crippen molar-refractivity contribution in [3.05, 3.63) is 58.9 Å². The summed E-state index contributed by atoms with van der Waals surface area (Å²) in [6, 6.07) is 11.8. The molecule has 1 aliphatic rings. The molecule has 8 heteroatoms. The second-order valence-electron chi connectivity index (χ2n) is 6.02. The third kappa shape index (κ3) is 3.29. The molecular formula is C19H15FN4O2S. The number of anilines is 1. The van der Waals surface area contributed by atoms with E-state index in [-0.39, 0.29) is 17.2 Å². The van der Waals surface area contributed by atoms with Gasteiger partial charge >= 0.3 is 0 Å². The largest absolute Gasteiger partial charge is 0.418 e. The molecule has 4 rings (SSSR count). The molecule has 0 N–H and O–H groups in total. The molecule has 0 aliphatic carbocycles. The number of benzene rings is 1. The smallest absolute Gasteiger partial charge is 0.256 e.